The number of hydrogen-bond acceptors (Lipinski definition) is 6. The van der Waals surface area contributed by atoms with Crippen molar-refractivity contribution in [2.24, 2.45) is 11.8 Å². The van der Waals surface area contributed by atoms with E-state index in [0.29, 0.717) is 54.3 Å². The molecule has 2 fully saturated rings. The third kappa shape index (κ3) is 3.49. The van der Waals surface area contributed by atoms with Gasteiger partial charge in [0, 0.05) is 61.1 Å². The quantitative estimate of drug-likeness (QED) is 0.435. The molecule has 10 heteroatoms. The first kappa shape index (κ1) is 21.0. The number of aromatic nitrogens is 3. The number of amides is 1. The number of carbonyl (C=O) groups is 1. The van der Waals surface area contributed by atoms with E-state index in [2.05, 4.69) is 19.9 Å². The highest BCUT2D eigenvalue weighted by Crippen LogP contribution is 2.36. The molecule has 2 unspecified atom stereocenters. The zero-order valence-corrected chi connectivity index (χ0v) is 18.6. The molecule has 2 aromatic carbocycles. The molecule has 2 atom stereocenters. The lowest BCUT2D eigenvalue weighted by Crippen LogP contribution is -2.34. The highest BCUT2D eigenvalue weighted by atomic mass is 32.1. The van der Waals surface area contributed by atoms with E-state index in [1.807, 2.05) is 0 Å². The molecule has 1 amide bonds. The highest BCUT2D eigenvalue weighted by molar-refractivity contribution is 7.07. The summed E-state index contributed by atoms with van der Waals surface area (Å²) >= 11 is 1.35. The Morgan fingerprint density at radius 3 is 2.38 bits per heavy atom. The van der Waals surface area contributed by atoms with Gasteiger partial charge in [0.15, 0.2) is 11.6 Å². The van der Waals surface area contributed by atoms with Crippen LogP contribution < -0.4 is 4.90 Å². The topological polar surface area (TPSA) is 62.2 Å². The first-order chi connectivity index (χ1) is 16.5. The Morgan fingerprint density at radius 1 is 0.941 bits per heavy atom. The number of halogens is 3. The van der Waals surface area contributed by atoms with Gasteiger partial charge in [-0.15, -0.1) is 11.3 Å². The van der Waals surface area contributed by atoms with Gasteiger partial charge in [0.05, 0.1) is 34.0 Å². The molecular weight excluding hydrogens is 463 g/mol. The fourth-order valence-electron chi connectivity index (χ4n) is 4.97. The van der Waals surface area contributed by atoms with Gasteiger partial charge < -0.3 is 9.80 Å². The second kappa shape index (κ2) is 8.05. The van der Waals surface area contributed by atoms with Gasteiger partial charge in [-0.3, -0.25) is 9.78 Å². The maximum atomic E-state index is 14.6. The monoisotopic (exact) mass is 481 g/mol. The van der Waals surface area contributed by atoms with Gasteiger partial charge in [-0.1, -0.05) is 6.07 Å². The van der Waals surface area contributed by atoms with E-state index in [-0.39, 0.29) is 23.3 Å². The average molecular weight is 482 g/mol. The molecule has 0 spiro atoms. The van der Waals surface area contributed by atoms with Crippen LogP contribution in [0.2, 0.25) is 0 Å². The van der Waals surface area contributed by atoms with Crippen LogP contribution in [0.4, 0.5) is 19.0 Å². The number of rotatable bonds is 3. The van der Waals surface area contributed by atoms with Crippen molar-refractivity contribution in [1.82, 2.24) is 19.9 Å². The second-order valence-electron chi connectivity index (χ2n) is 8.65. The number of likely N-dealkylation sites (tertiary alicyclic amines) is 1. The molecule has 6 rings (SSSR count). The molecule has 2 saturated heterocycles. The van der Waals surface area contributed by atoms with Crippen LogP contribution in [0.15, 0.2) is 47.4 Å². The van der Waals surface area contributed by atoms with Gasteiger partial charge in [-0.2, -0.15) is 0 Å². The van der Waals surface area contributed by atoms with E-state index in [0.717, 1.165) is 12.1 Å². The summed E-state index contributed by atoms with van der Waals surface area (Å²) in [5.41, 5.74) is 3.23. The summed E-state index contributed by atoms with van der Waals surface area (Å²) in [4.78, 5) is 30.1. The van der Waals surface area contributed by atoms with Crippen LogP contribution in [0.25, 0.3) is 22.3 Å². The summed E-state index contributed by atoms with van der Waals surface area (Å²) in [6.07, 6.45) is 1.57. The number of hydrogen-bond donors (Lipinski definition) is 0. The van der Waals surface area contributed by atoms with Crippen LogP contribution in [-0.4, -0.2) is 51.9 Å². The Labute approximate surface area is 196 Å². The third-order valence-electron chi connectivity index (χ3n) is 6.60. The highest BCUT2D eigenvalue weighted by Gasteiger charge is 2.42. The van der Waals surface area contributed by atoms with Crippen LogP contribution in [0, 0.1) is 29.3 Å². The molecule has 2 aromatic heterocycles. The minimum atomic E-state index is -0.958. The van der Waals surface area contributed by atoms with Crippen LogP contribution in [-0.2, 0) is 0 Å². The third-order valence-corrected chi connectivity index (χ3v) is 7.19. The van der Waals surface area contributed by atoms with Gasteiger partial charge >= 0.3 is 0 Å². The van der Waals surface area contributed by atoms with Gasteiger partial charge in [0.25, 0.3) is 5.91 Å². The summed E-state index contributed by atoms with van der Waals surface area (Å²) in [5.74, 6) is -1.53. The first-order valence-electron chi connectivity index (χ1n) is 10.8. The SMILES string of the molecule is O=C(c1cccc(F)c1-c1cscn1)N1CC2CN(c3cnc4cc(F)c(F)cc4n3)CC2C1. The van der Waals surface area contributed by atoms with Crippen molar-refractivity contribution in [3.05, 3.63) is 70.4 Å². The van der Waals surface area contributed by atoms with Gasteiger partial charge in [0.1, 0.15) is 11.6 Å². The molecule has 34 heavy (non-hydrogen) atoms. The van der Waals surface area contributed by atoms with Crippen LogP contribution in [0.3, 0.4) is 0 Å². The van der Waals surface area contributed by atoms with Gasteiger partial charge in [-0.05, 0) is 12.1 Å². The predicted octanol–water partition coefficient (Wildman–Crippen LogP) is 4.38. The molecule has 0 bridgehead atoms. The van der Waals surface area contributed by atoms with Crippen molar-refractivity contribution in [1.29, 1.82) is 0 Å². The number of carbonyl (C=O) groups excluding carboxylic acids is 1. The predicted molar refractivity (Wildman–Crippen MR) is 122 cm³/mol. The van der Waals surface area contributed by atoms with Crippen molar-refractivity contribution in [3.63, 3.8) is 0 Å². The van der Waals surface area contributed by atoms with E-state index < -0.39 is 17.5 Å². The van der Waals surface area contributed by atoms with Crippen molar-refractivity contribution < 1.29 is 18.0 Å². The first-order valence-corrected chi connectivity index (χ1v) is 11.8. The summed E-state index contributed by atoms with van der Waals surface area (Å²) in [6, 6.07) is 6.62. The Hall–Kier alpha value is -3.53. The summed E-state index contributed by atoms with van der Waals surface area (Å²) in [5, 5.41) is 1.73. The standard InChI is InChI=1S/C24H18F3N5OS/c25-16-3-1-2-15(23(16)21-11-34-12-29-21)24(33)32-9-13-7-31(8-14(13)10-32)22-6-28-19-4-17(26)18(27)5-20(19)30-22/h1-6,11-14H,7-10H2. The fourth-order valence-corrected chi connectivity index (χ4v) is 5.51. The Morgan fingerprint density at radius 2 is 1.68 bits per heavy atom. The van der Waals surface area contributed by atoms with E-state index in [9.17, 15) is 18.0 Å². The molecule has 4 aromatic rings. The van der Waals surface area contributed by atoms with E-state index in [1.54, 1.807) is 34.1 Å². The molecule has 6 nitrogen and oxygen atoms in total. The van der Waals surface area contributed by atoms with Crippen molar-refractivity contribution in [3.8, 4) is 11.3 Å². The molecule has 172 valence electrons. The zero-order chi connectivity index (χ0) is 23.4. The molecule has 0 N–H and O–H groups in total. The molecule has 0 saturated carbocycles. The molecule has 0 radical (unpaired) electrons. The molecule has 0 aliphatic carbocycles. The van der Waals surface area contributed by atoms with E-state index >= 15 is 0 Å². The number of thiazole rings is 1. The minimum Gasteiger partial charge on any atom is -0.355 e. The lowest BCUT2D eigenvalue weighted by Gasteiger charge is -2.23. The molecular formula is C24H18F3N5OS. The van der Waals surface area contributed by atoms with Crippen molar-refractivity contribution in [2.75, 3.05) is 31.1 Å². The van der Waals surface area contributed by atoms with E-state index in [1.165, 1.54) is 17.4 Å². The smallest absolute Gasteiger partial charge is 0.254 e. The number of anilines is 1. The maximum absolute atomic E-state index is 14.6. The number of nitrogens with zero attached hydrogens (tertiary/aromatic N) is 5. The van der Waals surface area contributed by atoms with E-state index in [4.69, 9.17) is 0 Å². The zero-order valence-electron chi connectivity index (χ0n) is 17.8. The average Bonchev–Trinajstić information content (AvgIpc) is 3.56. The molecule has 2 aliphatic heterocycles. The second-order valence-corrected chi connectivity index (χ2v) is 9.37. The van der Waals surface area contributed by atoms with Crippen LogP contribution in [0.5, 0.6) is 0 Å². The van der Waals surface area contributed by atoms with Gasteiger partial charge in [0.2, 0.25) is 0 Å². The minimum absolute atomic E-state index is 0.202. The summed E-state index contributed by atoms with van der Waals surface area (Å²) < 4.78 is 41.7. The lowest BCUT2D eigenvalue weighted by atomic mass is 10.0. The van der Waals surface area contributed by atoms with Gasteiger partial charge in [-0.25, -0.2) is 23.1 Å². The van der Waals surface area contributed by atoms with Crippen molar-refractivity contribution >= 4 is 34.1 Å². The maximum Gasteiger partial charge on any atom is 0.254 e. The Kier molecular flexibility index (Phi) is 4.98. The largest absolute Gasteiger partial charge is 0.355 e. The Bertz CT molecular complexity index is 1400. The van der Waals surface area contributed by atoms with Crippen LogP contribution in [0.1, 0.15) is 10.4 Å². The number of fused-ring (bicyclic) bond motifs is 2. The van der Waals surface area contributed by atoms with Crippen LogP contribution >= 0.6 is 11.3 Å². The summed E-state index contributed by atoms with van der Waals surface area (Å²) in [6.45, 7) is 2.43. The lowest BCUT2D eigenvalue weighted by molar-refractivity contribution is 0.0783. The number of benzene rings is 2. The summed E-state index contributed by atoms with van der Waals surface area (Å²) in [7, 11) is 0. The molecule has 2 aliphatic rings. The molecule has 4 heterocycles. The normalized spacial score (nSPS) is 19.7. The Balaban J connectivity index is 1.20. The fraction of sp³-hybridized carbons (Fsp3) is 0.250. The van der Waals surface area contributed by atoms with Crippen molar-refractivity contribution in [2.45, 2.75) is 0 Å².